The van der Waals surface area contributed by atoms with E-state index in [1.54, 1.807) is 0 Å². The summed E-state index contributed by atoms with van der Waals surface area (Å²) in [6, 6.07) is 46.8. The largest absolute Gasteiger partial charge is 0.313 e. The van der Waals surface area contributed by atoms with Crippen LogP contribution in [0.3, 0.4) is 0 Å². The summed E-state index contributed by atoms with van der Waals surface area (Å²) in [4.78, 5) is 4.97. The maximum atomic E-state index is 4.97. The zero-order valence-electron chi connectivity index (χ0n) is 23.9. The Kier molecular flexibility index (Phi) is 4.17. The molecule has 2 aliphatic carbocycles. The molecule has 9 aromatic rings. The first-order valence-electron chi connectivity index (χ1n) is 15.4. The number of pyridine rings is 1. The smallest absolute Gasteiger partial charge is 0.0711 e. The van der Waals surface area contributed by atoms with Crippen LogP contribution in [0.1, 0.15) is 11.3 Å². The number of nitrogens with zero attached hydrogens (tertiary/aromatic N) is 3. The monoisotopic (exact) mass is 559 g/mol. The molecule has 3 aromatic heterocycles. The minimum atomic E-state index is 1.01. The van der Waals surface area contributed by atoms with Crippen LogP contribution in [0.15, 0.2) is 127 Å². The predicted octanol–water partition coefficient (Wildman–Crippen LogP) is 10.2. The molecule has 0 atom stereocenters. The van der Waals surface area contributed by atoms with Crippen LogP contribution in [0, 0.1) is 0 Å². The van der Waals surface area contributed by atoms with Crippen molar-refractivity contribution in [1.82, 2.24) is 14.1 Å². The minimum absolute atomic E-state index is 1.01. The molecule has 44 heavy (non-hydrogen) atoms. The number of para-hydroxylation sites is 2. The molecule has 0 saturated heterocycles. The van der Waals surface area contributed by atoms with Crippen LogP contribution in [0.4, 0.5) is 0 Å². The van der Waals surface area contributed by atoms with Gasteiger partial charge in [-0.05, 0) is 95.8 Å². The summed E-state index contributed by atoms with van der Waals surface area (Å²) >= 11 is 0. The molecule has 3 nitrogen and oxygen atoms in total. The van der Waals surface area contributed by atoms with Gasteiger partial charge in [-0.2, -0.15) is 0 Å². The van der Waals surface area contributed by atoms with Crippen LogP contribution in [0.5, 0.6) is 0 Å². The van der Waals surface area contributed by atoms with Gasteiger partial charge in [0.2, 0.25) is 0 Å². The quantitative estimate of drug-likeness (QED) is 0.193. The summed E-state index contributed by atoms with van der Waals surface area (Å²) in [6.45, 7) is 0. The van der Waals surface area contributed by atoms with E-state index in [1.807, 2.05) is 0 Å². The van der Waals surface area contributed by atoms with Crippen molar-refractivity contribution in [2.24, 2.45) is 0 Å². The Hall–Kier alpha value is -5.67. The second kappa shape index (κ2) is 8.03. The van der Waals surface area contributed by atoms with E-state index in [9.17, 15) is 0 Å². The lowest BCUT2D eigenvalue weighted by atomic mass is 9.86. The van der Waals surface area contributed by atoms with Crippen molar-refractivity contribution in [1.29, 1.82) is 0 Å². The highest BCUT2D eigenvalue weighted by Gasteiger charge is 2.33. The van der Waals surface area contributed by atoms with Crippen molar-refractivity contribution in [3.05, 3.63) is 139 Å². The third-order valence-corrected chi connectivity index (χ3v) is 10.1. The fourth-order valence-electron chi connectivity index (χ4n) is 8.34. The maximum absolute atomic E-state index is 4.97. The summed E-state index contributed by atoms with van der Waals surface area (Å²) in [6.07, 6.45) is 2.04. The zero-order valence-corrected chi connectivity index (χ0v) is 23.9. The van der Waals surface area contributed by atoms with Crippen molar-refractivity contribution in [2.45, 2.75) is 12.8 Å². The Morgan fingerprint density at radius 1 is 0.455 bits per heavy atom. The van der Waals surface area contributed by atoms with E-state index in [4.69, 9.17) is 4.98 Å². The van der Waals surface area contributed by atoms with Crippen molar-refractivity contribution >= 4 is 54.5 Å². The lowest BCUT2D eigenvalue weighted by Crippen LogP contribution is -2.08. The average molecular weight is 560 g/mol. The van der Waals surface area contributed by atoms with Gasteiger partial charge < -0.3 is 9.13 Å². The molecule has 0 fully saturated rings. The Morgan fingerprint density at radius 3 is 2.09 bits per heavy atom. The minimum Gasteiger partial charge on any atom is -0.313 e. The SMILES string of the molecule is c1ccc(-n2c3cccc4c3c3c5c(ccc32)CCc2c-5c3c-4cccc3n2-c2ccc3nc4ccccc4cc3c2)cc1. The van der Waals surface area contributed by atoms with Gasteiger partial charge in [0.25, 0.3) is 0 Å². The molecule has 11 rings (SSSR count). The average Bonchev–Trinajstić information content (AvgIpc) is 3.56. The Balaban J connectivity index is 1.29. The lowest BCUT2D eigenvalue weighted by molar-refractivity contribution is 0.868. The van der Waals surface area contributed by atoms with Crippen molar-refractivity contribution in [3.63, 3.8) is 0 Å². The molecule has 204 valence electrons. The van der Waals surface area contributed by atoms with Crippen LogP contribution in [-0.2, 0) is 12.8 Å². The van der Waals surface area contributed by atoms with E-state index in [1.165, 1.54) is 88.4 Å². The Labute approximate surface area is 253 Å². The third kappa shape index (κ3) is 2.75. The summed E-state index contributed by atoms with van der Waals surface area (Å²) in [5.74, 6) is 0. The van der Waals surface area contributed by atoms with E-state index in [-0.39, 0.29) is 0 Å². The first-order valence-corrected chi connectivity index (χ1v) is 15.4. The standard InChI is InChI=1S/C41H25N3/c1-2-9-27(10-3-1)43-33-14-6-11-29-30-12-7-15-34-39(30)41-36(21-17-24-16-20-35(43)40(37(24)41)38(29)33)44(34)28-18-19-32-26(23-28)22-25-8-4-5-13-31(25)42-32/h1-16,18-20,22-23H,17,21H2. The van der Waals surface area contributed by atoms with Crippen LogP contribution < -0.4 is 0 Å². The number of rotatable bonds is 2. The molecule has 0 aliphatic heterocycles. The molecule has 0 N–H and O–H groups in total. The maximum Gasteiger partial charge on any atom is 0.0711 e. The molecule has 0 unspecified atom stereocenters. The van der Waals surface area contributed by atoms with Gasteiger partial charge in [0.05, 0.1) is 27.6 Å². The highest BCUT2D eigenvalue weighted by Crippen LogP contribution is 2.54. The van der Waals surface area contributed by atoms with Gasteiger partial charge in [-0.3, -0.25) is 0 Å². The Morgan fingerprint density at radius 2 is 1.20 bits per heavy atom. The molecule has 0 amide bonds. The third-order valence-electron chi connectivity index (χ3n) is 10.1. The lowest BCUT2D eigenvalue weighted by Gasteiger charge is -2.21. The zero-order chi connectivity index (χ0) is 28.5. The second-order valence-electron chi connectivity index (χ2n) is 12.3. The fraction of sp³-hybridized carbons (Fsp3) is 0.0488. The van der Waals surface area contributed by atoms with Gasteiger partial charge in [-0.1, -0.05) is 66.7 Å². The summed E-state index contributed by atoms with van der Waals surface area (Å²) in [5.41, 5.74) is 16.7. The van der Waals surface area contributed by atoms with E-state index in [2.05, 4.69) is 137 Å². The van der Waals surface area contributed by atoms with E-state index in [0.29, 0.717) is 0 Å². The summed E-state index contributed by atoms with van der Waals surface area (Å²) < 4.78 is 5.01. The van der Waals surface area contributed by atoms with E-state index in [0.717, 1.165) is 23.9 Å². The molecule has 2 aliphatic rings. The number of benzene rings is 6. The molecule has 0 radical (unpaired) electrons. The highest BCUT2D eigenvalue weighted by atomic mass is 15.0. The first kappa shape index (κ1) is 22.9. The molecular formula is C41H25N3. The van der Waals surface area contributed by atoms with Gasteiger partial charge >= 0.3 is 0 Å². The van der Waals surface area contributed by atoms with Crippen molar-refractivity contribution in [2.75, 3.05) is 0 Å². The topological polar surface area (TPSA) is 22.8 Å². The number of aromatic nitrogens is 3. The van der Waals surface area contributed by atoms with Gasteiger partial charge in [0.1, 0.15) is 0 Å². The summed E-state index contributed by atoms with van der Waals surface area (Å²) in [7, 11) is 0. The van der Waals surface area contributed by atoms with Crippen molar-refractivity contribution in [3.8, 4) is 33.6 Å². The second-order valence-corrected chi connectivity index (χ2v) is 12.3. The molecule has 3 heterocycles. The molecule has 0 bridgehead atoms. The van der Waals surface area contributed by atoms with E-state index >= 15 is 0 Å². The van der Waals surface area contributed by atoms with Gasteiger partial charge in [0.15, 0.2) is 0 Å². The molecule has 6 aromatic carbocycles. The number of fused-ring (bicyclic) bond motifs is 3. The molecular weight excluding hydrogens is 534 g/mol. The fourth-order valence-corrected chi connectivity index (χ4v) is 8.34. The summed E-state index contributed by atoms with van der Waals surface area (Å²) in [5, 5.41) is 6.48. The van der Waals surface area contributed by atoms with Gasteiger partial charge in [-0.25, -0.2) is 4.98 Å². The number of aryl methyl sites for hydroxylation is 1. The van der Waals surface area contributed by atoms with Crippen LogP contribution in [-0.4, -0.2) is 14.1 Å². The highest BCUT2D eigenvalue weighted by molar-refractivity contribution is 6.28. The predicted molar refractivity (Wildman–Crippen MR) is 182 cm³/mol. The normalized spacial score (nSPS) is 13.3. The first-order chi connectivity index (χ1) is 21.8. The molecule has 0 spiro atoms. The molecule has 3 heteroatoms. The van der Waals surface area contributed by atoms with Crippen LogP contribution in [0.25, 0.3) is 88.1 Å². The molecule has 0 saturated carbocycles. The van der Waals surface area contributed by atoms with Gasteiger partial charge in [-0.15, -0.1) is 0 Å². The van der Waals surface area contributed by atoms with Crippen LogP contribution >= 0.6 is 0 Å². The van der Waals surface area contributed by atoms with E-state index < -0.39 is 0 Å². The Bertz CT molecular complexity index is 2710. The van der Waals surface area contributed by atoms with Crippen molar-refractivity contribution < 1.29 is 0 Å². The van der Waals surface area contributed by atoms with Crippen LogP contribution in [0.2, 0.25) is 0 Å². The number of hydrogen-bond acceptors (Lipinski definition) is 1. The van der Waals surface area contributed by atoms with Gasteiger partial charge in [0, 0.05) is 49.6 Å². The number of hydrogen-bond donors (Lipinski definition) is 0.